The molecule has 39 valence electrons. The van der Waals surface area contributed by atoms with Crippen LogP contribution in [-0.2, 0) is 4.80 Å². The predicted molar refractivity (Wildman–Crippen MR) is 25.4 cm³/mol. The quantitative estimate of drug-likeness (QED) is 0.595. The zero-order chi connectivity index (χ0) is 4.50. The van der Waals surface area contributed by atoms with Crippen molar-refractivity contribution in [3.05, 3.63) is 0 Å². The Morgan fingerprint density at radius 2 is 1.17 bits per heavy atom. The van der Waals surface area contributed by atoms with Gasteiger partial charge in [0.05, 0.1) is 0 Å². The Morgan fingerprint density at radius 3 is 1.17 bits per heavy atom. The maximum absolute atomic E-state index is 10.2. The molecule has 0 aliphatic carbocycles. The van der Waals surface area contributed by atoms with Crippen LogP contribution in [-0.4, -0.2) is 8.32 Å². The molecule has 0 unspecified atom stereocenters. The molecule has 0 aliphatic rings. The van der Waals surface area contributed by atoms with Gasteiger partial charge in [-0.25, -0.2) is 0 Å². The van der Waals surface area contributed by atoms with E-state index in [1.807, 2.05) is 0 Å². The van der Waals surface area contributed by atoms with Crippen LogP contribution < -0.4 is 0 Å². The van der Waals surface area contributed by atoms with E-state index in [9.17, 15) is 4.80 Å². The molecule has 0 aliphatic heterocycles. The molecule has 0 aromatic carbocycles. The minimum atomic E-state index is -1.86. The van der Waals surface area contributed by atoms with E-state index in [0.717, 1.165) is 0 Å². The molecule has 0 spiro atoms. The SMILES string of the molecule is C[Si](C)(C)[O].[AtH]. The fourth-order valence-corrected chi connectivity index (χ4v) is 0. The molecule has 1 radical (unpaired) electrons. The van der Waals surface area contributed by atoms with Crippen molar-refractivity contribution in [3.63, 3.8) is 0 Å². The molecule has 0 aromatic rings. The summed E-state index contributed by atoms with van der Waals surface area (Å²) in [6.45, 7) is 5.31. The number of hydrogen-bond acceptors (Lipinski definition) is 0. The molecule has 0 atom stereocenters. The van der Waals surface area contributed by atoms with Gasteiger partial charge in [-0.1, -0.05) is 0 Å². The normalized spacial score (nSPS) is 10.0. The predicted octanol–water partition coefficient (Wildman–Crippen LogP) is 0.984. The monoisotopic (exact) mass is 300 g/mol. The van der Waals surface area contributed by atoms with Crippen LogP contribution in [0.4, 0.5) is 0 Å². The third-order valence-electron chi connectivity index (χ3n) is 0. The Hall–Kier alpha value is 1.06. The van der Waals surface area contributed by atoms with Crippen molar-refractivity contribution in [2.45, 2.75) is 19.6 Å². The molecule has 0 saturated carbocycles. The van der Waals surface area contributed by atoms with Crippen LogP contribution >= 0.6 is 0 Å². The van der Waals surface area contributed by atoms with Crippen LogP contribution in [0.5, 0.6) is 0 Å². The molecule has 1 nitrogen and oxygen atoms in total. The van der Waals surface area contributed by atoms with Crippen molar-refractivity contribution < 1.29 is 31.0 Å². The summed E-state index contributed by atoms with van der Waals surface area (Å²) in [4.78, 5) is 10.2. The van der Waals surface area contributed by atoms with Gasteiger partial charge >= 0.3 is 26.2 Å². The molecular weight excluding hydrogens is 290 g/mol. The molecule has 0 fully saturated rings. The van der Waals surface area contributed by atoms with Crippen LogP contribution in [0.15, 0.2) is 0 Å². The summed E-state index contributed by atoms with van der Waals surface area (Å²) in [5.74, 6) is 0. The summed E-state index contributed by atoms with van der Waals surface area (Å²) in [6, 6.07) is 0. The van der Waals surface area contributed by atoms with Crippen molar-refractivity contribution in [2.24, 2.45) is 0 Å². The van der Waals surface area contributed by atoms with Gasteiger partial charge in [0.2, 0.25) is 8.32 Å². The maximum atomic E-state index is 10.2. The van der Waals surface area contributed by atoms with Crippen LogP contribution in [0.1, 0.15) is 0 Å². The third kappa shape index (κ3) is 74.2. The van der Waals surface area contributed by atoms with Gasteiger partial charge < -0.3 is 0 Å². The second-order valence-corrected chi connectivity index (χ2v) is 6.34. The van der Waals surface area contributed by atoms with Crippen LogP contribution in [0.25, 0.3) is 0 Å². The Labute approximate surface area is 59.0 Å². The molecule has 6 heavy (non-hydrogen) atoms. The molecule has 3 heteroatoms. The first-order valence-electron chi connectivity index (χ1n) is 1.70. The van der Waals surface area contributed by atoms with Crippen molar-refractivity contribution in [1.29, 1.82) is 0 Å². The molecule has 0 amide bonds. The van der Waals surface area contributed by atoms with E-state index in [0.29, 0.717) is 0 Å². The minimum absolute atomic E-state index is 0. The first-order valence-corrected chi connectivity index (χ1v) is 5.11. The van der Waals surface area contributed by atoms with E-state index in [2.05, 4.69) is 0 Å². The van der Waals surface area contributed by atoms with Crippen LogP contribution in [0.2, 0.25) is 19.6 Å². The number of hydrogen-bond donors (Lipinski definition) is 0. The summed E-state index contributed by atoms with van der Waals surface area (Å²) in [6.07, 6.45) is 0. The fourth-order valence-electron chi connectivity index (χ4n) is 0. The molecule has 0 N–H and O–H groups in total. The second-order valence-electron chi connectivity index (χ2n) is 2.11. The zero-order valence-electron chi connectivity index (χ0n) is 4.32. The fraction of sp³-hybridized carbons (Fsp3) is 1.00. The molecule has 0 bridgehead atoms. The summed E-state index contributed by atoms with van der Waals surface area (Å²) in [5.41, 5.74) is 0. The Bertz CT molecular complexity index is 26.3. The van der Waals surface area contributed by atoms with Gasteiger partial charge in [-0.05, 0) is 19.6 Å². The van der Waals surface area contributed by atoms with E-state index >= 15 is 0 Å². The van der Waals surface area contributed by atoms with Crippen molar-refractivity contribution >= 4 is 8.32 Å². The van der Waals surface area contributed by atoms with Crippen LogP contribution in [0, 0.1) is 26.2 Å². The van der Waals surface area contributed by atoms with E-state index in [-0.39, 0.29) is 26.2 Å². The summed E-state index contributed by atoms with van der Waals surface area (Å²) < 4.78 is 0. The average Bonchev–Trinajstić information content (AvgIpc) is 0.722. The van der Waals surface area contributed by atoms with Crippen molar-refractivity contribution in [2.75, 3.05) is 0 Å². The standard InChI is InChI=1S/C3H9OSi.AtH/c1-5(2,3)4;/h1-3H3;1H. The Morgan fingerprint density at radius 1 is 1.17 bits per heavy atom. The van der Waals surface area contributed by atoms with Gasteiger partial charge in [0.15, 0.2) is 0 Å². The molecule has 0 rings (SSSR count). The Kier molecular flexibility index (Phi) is 5.25. The average molecular weight is 300 g/mol. The molecule has 0 saturated heterocycles. The van der Waals surface area contributed by atoms with E-state index in [1.165, 1.54) is 0 Å². The first kappa shape index (κ1) is 10.1. The van der Waals surface area contributed by atoms with Gasteiger partial charge in [0.1, 0.15) is 0 Å². The van der Waals surface area contributed by atoms with Gasteiger partial charge in [-0.2, -0.15) is 0 Å². The summed E-state index contributed by atoms with van der Waals surface area (Å²) in [7, 11) is -1.86. The summed E-state index contributed by atoms with van der Waals surface area (Å²) >= 11 is 0. The Balaban J connectivity index is 0. The van der Waals surface area contributed by atoms with E-state index < -0.39 is 8.32 Å². The zero-order valence-corrected chi connectivity index (χ0v) is 8.49. The van der Waals surface area contributed by atoms with Gasteiger partial charge in [0, 0.05) is 0 Å². The first-order chi connectivity index (χ1) is 2.00. The second kappa shape index (κ2) is 3.11. The summed E-state index contributed by atoms with van der Waals surface area (Å²) in [5, 5.41) is 0. The topological polar surface area (TPSA) is 19.9 Å². The van der Waals surface area contributed by atoms with Crippen molar-refractivity contribution in [3.8, 4) is 0 Å². The molecular formula is C3H10AtOSi. The third-order valence-corrected chi connectivity index (χ3v) is 0. The van der Waals surface area contributed by atoms with Crippen molar-refractivity contribution in [1.82, 2.24) is 0 Å². The number of rotatable bonds is 0. The molecule has 0 aromatic heterocycles. The van der Waals surface area contributed by atoms with Gasteiger partial charge in [-0.3, -0.25) is 4.80 Å². The van der Waals surface area contributed by atoms with Crippen LogP contribution in [0.3, 0.4) is 0 Å². The molecule has 0 heterocycles. The van der Waals surface area contributed by atoms with Gasteiger partial charge in [-0.15, -0.1) is 0 Å². The van der Waals surface area contributed by atoms with E-state index in [1.54, 1.807) is 19.6 Å². The van der Waals surface area contributed by atoms with E-state index in [4.69, 9.17) is 0 Å². The van der Waals surface area contributed by atoms with Gasteiger partial charge in [0.25, 0.3) is 0 Å².